The highest BCUT2D eigenvalue weighted by Gasteiger charge is 2.36. The molecule has 1 aliphatic rings. The van der Waals surface area contributed by atoms with E-state index in [4.69, 9.17) is 4.74 Å². The van der Waals surface area contributed by atoms with E-state index in [0.717, 1.165) is 11.1 Å². The average Bonchev–Trinajstić information content (AvgIpc) is 2.17. The Balaban J connectivity index is 3.02. The lowest BCUT2D eigenvalue weighted by Crippen LogP contribution is -2.32. The zero-order chi connectivity index (χ0) is 12.3. The van der Waals surface area contributed by atoms with Crippen molar-refractivity contribution < 1.29 is 14.3 Å². The Bertz CT molecular complexity index is 328. The summed E-state index contributed by atoms with van der Waals surface area (Å²) >= 11 is 0. The van der Waals surface area contributed by atoms with Gasteiger partial charge >= 0.3 is 5.97 Å². The van der Waals surface area contributed by atoms with Gasteiger partial charge in [-0.3, -0.25) is 9.59 Å². The Hall–Kier alpha value is -1.12. The summed E-state index contributed by atoms with van der Waals surface area (Å²) in [5.74, 6) is -0.173. The van der Waals surface area contributed by atoms with Crippen LogP contribution in [0.3, 0.4) is 0 Å². The molecule has 1 rings (SSSR count). The van der Waals surface area contributed by atoms with Gasteiger partial charge in [-0.05, 0) is 31.8 Å². The first-order valence-corrected chi connectivity index (χ1v) is 5.92. The van der Waals surface area contributed by atoms with Crippen LogP contribution in [0.4, 0.5) is 0 Å². The molecule has 3 nitrogen and oxygen atoms in total. The van der Waals surface area contributed by atoms with Crippen molar-refractivity contribution in [1.29, 1.82) is 0 Å². The summed E-state index contributed by atoms with van der Waals surface area (Å²) in [6.07, 6.45) is 1.16. The summed E-state index contributed by atoms with van der Waals surface area (Å²) in [7, 11) is 0. The van der Waals surface area contributed by atoms with Gasteiger partial charge in [0.2, 0.25) is 0 Å². The summed E-state index contributed by atoms with van der Waals surface area (Å²) in [6.45, 7) is 7.97. The first kappa shape index (κ1) is 12.9. The molecule has 0 aromatic rings. The molecule has 0 aromatic heterocycles. The molecular weight excluding hydrogens is 204 g/mol. The van der Waals surface area contributed by atoms with Crippen LogP contribution in [0.15, 0.2) is 11.1 Å². The van der Waals surface area contributed by atoms with Crippen molar-refractivity contribution in [1.82, 2.24) is 0 Å². The lowest BCUT2D eigenvalue weighted by atomic mass is 9.75. The van der Waals surface area contributed by atoms with Crippen molar-refractivity contribution in [2.75, 3.05) is 6.61 Å². The average molecular weight is 224 g/mol. The second kappa shape index (κ2) is 5.28. The quantitative estimate of drug-likeness (QED) is 0.692. The molecule has 0 heterocycles. The van der Waals surface area contributed by atoms with Crippen molar-refractivity contribution >= 4 is 11.8 Å². The van der Waals surface area contributed by atoms with Crippen LogP contribution in [0, 0.1) is 11.8 Å². The monoisotopic (exact) mass is 224 g/mol. The highest BCUT2D eigenvalue weighted by molar-refractivity contribution is 5.99. The van der Waals surface area contributed by atoms with E-state index in [1.165, 1.54) is 0 Å². The summed E-state index contributed by atoms with van der Waals surface area (Å²) in [5.41, 5.74) is 1.72. The summed E-state index contributed by atoms with van der Waals surface area (Å²) in [4.78, 5) is 23.6. The molecule has 1 aliphatic carbocycles. The van der Waals surface area contributed by atoms with Crippen LogP contribution < -0.4 is 0 Å². The van der Waals surface area contributed by atoms with Gasteiger partial charge in [-0.15, -0.1) is 0 Å². The van der Waals surface area contributed by atoms with Gasteiger partial charge in [0.1, 0.15) is 0 Å². The molecule has 0 amide bonds. The van der Waals surface area contributed by atoms with Gasteiger partial charge in [0.15, 0.2) is 5.78 Å². The van der Waals surface area contributed by atoms with Gasteiger partial charge in [0.05, 0.1) is 12.5 Å². The highest BCUT2D eigenvalue weighted by Crippen LogP contribution is 2.34. The zero-order valence-electron chi connectivity index (χ0n) is 10.5. The van der Waals surface area contributed by atoms with Crippen LogP contribution in [0.2, 0.25) is 0 Å². The molecule has 3 heteroatoms. The molecule has 0 aromatic carbocycles. The lowest BCUT2D eigenvalue weighted by molar-refractivity contribution is -0.148. The first-order chi connectivity index (χ1) is 7.52. The molecule has 0 saturated carbocycles. The van der Waals surface area contributed by atoms with Crippen molar-refractivity contribution in [2.45, 2.75) is 40.5 Å². The maximum Gasteiger partial charge on any atom is 0.313 e. The second-order valence-corrected chi connectivity index (χ2v) is 4.35. The fourth-order valence-electron chi connectivity index (χ4n) is 2.49. The number of allylic oxidation sites excluding steroid dienone is 1. The van der Waals surface area contributed by atoms with Crippen molar-refractivity contribution in [3.8, 4) is 0 Å². The normalized spacial score (nSPS) is 25.9. The van der Waals surface area contributed by atoms with Gasteiger partial charge in [0.25, 0.3) is 0 Å². The third kappa shape index (κ3) is 2.34. The van der Waals surface area contributed by atoms with Gasteiger partial charge in [0, 0.05) is 6.42 Å². The molecule has 0 aliphatic heterocycles. The summed E-state index contributed by atoms with van der Waals surface area (Å²) in [6, 6.07) is 0. The molecule has 0 radical (unpaired) electrons. The number of hydrogen-bond donors (Lipinski definition) is 0. The zero-order valence-corrected chi connectivity index (χ0v) is 10.5. The van der Waals surface area contributed by atoms with Crippen LogP contribution in [0.1, 0.15) is 40.5 Å². The molecule has 0 bridgehead atoms. The Morgan fingerprint density at radius 3 is 2.56 bits per heavy atom. The second-order valence-electron chi connectivity index (χ2n) is 4.35. The Morgan fingerprint density at radius 2 is 2.06 bits per heavy atom. The van der Waals surface area contributed by atoms with Gasteiger partial charge < -0.3 is 4.74 Å². The van der Waals surface area contributed by atoms with Crippen LogP contribution >= 0.6 is 0 Å². The lowest BCUT2D eigenvalue weighted by Gasteiger charge is -2.29. The molecule has 16 heavy (non-hydrogen) atoms. The van der Waals surface area contributed by atoms with E-state index in [9.17, 15) is 9.59 Å². The minimum atomic E-state index is -0.229. The largest absolute Gasteiger partial charge is 0.466 e. The topological polar surface area (TPSA) is 43.4 Å². The fraction of sp³-hybridized carbons (Fsp3) is 0.692. The molecular formula is C13H20O3. The molecule has 0 N–H and O–H groups in total. The standard InChI is InChI=1S/C13H20O3/c1-5-10-9(4)12(13(15)16-6-2)8(3)7-11(10)14/h8,12H,5-7H2,1-4H3/t8-,12-/m0/s1. The summed E-state index contributed by atoms with van der Waals surface area (Å²) < 4.78 is 5.07. The van der Waals surface area contributed by atoms with E-state index in [0.29, 0.717) is 19.4 Å². The maximum atomic E-state index is 11.8. The van der Waals surface area contributed by atoms with Crippen molar-refractivity contribution in [2.24, 2.45) is 11.8 Å². The van der Waals surface area contributed by atoms with Crippen molar-refractivity contribution in [3.05, 3.63) is 11.1 Å². The van der Waals surface area contributed by atoms with E-state index < -0.39 is 0 Å². The first-order valence-electron chi connectivity index (χ1n) is 5.92. The number of ether oxygens (including phenoxy) is 1. The maximum absolute atomic E-state index is 11.8. The predicted molar refractivity (Wildman–Crippen MR) is 61.9 cm³/mol. The highest BCUT2D eigenvalue weighted by atomic mass is 16.5. The SMILES string of the molecule is CCOC(=O)[C@@H]1C(C)=C(CC)C(=O)C[C@@H]1C. The number of carbonyl (C=O) groups excluding carboxylic acids is 2. The number of Topliss-reactive ketones (excluding diaryl/α,β-unsaturated/α-hetero) is 1. The van der Waals surface area contributed by atoms with E-state index in [-0.39, 0.29) is 23.6 Å². The van der Waals surface area contributed by atoms with Crippen LogP contribution in [0.5, 0.6) is 0 Å². The molecule has 90 valence electrons. The van der Waals surface area contributed by atoms with Gasteiger partial charge in [-0.25, -0.2) is 0 Å². The third-order valence-corrected chi connectivity index (χ3v) is 3.25. The third-order valence-electron chi connectivity index (χ3n) is 3.25. The molecule has 0 unspecified atom stereocenters. The molecule has 0 spiro atoms. The number of rotatable bonds is 3. The number of carbonyl (C=O) groups is 2. The fourth-order valence-corrected chi connectivity index (χ4v) is 2.49. The number of esters is 1. The summed E-state index contributed by atoms with van der Waals surface area (Å²) in [5, 5.41) is 0. The smallest absolute Gasteiger partial charge is 0.313 e. The van der Waals surface area contributed by atoms with Crippen LogP contribution in [0.25, 0.3) is 0 Å². The van der Waals surface area contributed by atoms with Crippen LogP contribution in [-0.2, 0) is 14.3 Å². The Labute approximate surface area is 96.9 Å². The molecule has 0 saturated heterocycles. The minimum absolute atomic E-state index is 0.0573. The van der Waals surface area contributed by atoms with Crippen LogP contribution in [-0.4, -0.2) is 18.4 Å². The Kier molecular flexibility index (Phi) is 4.27. The van der Waals surface area contributed by atoms with E-state index >= 15 is 0 Å². The Morgan fingerprint density at radius 1 is 1.44 bits per heavy atom. The van der Waals surface area contributed by atoms with E-state index in [1.54, 1.807) is 6.92 Å². The predicted octanol–water partition coefficient (Wildman–Crippen LogP) is 2.50. The molecule has 2 atom stereocenters. The van der Waals surface area contributed by atoms with Crippen molar-refractivity contribution in [3.63, 3.8) is 0 Å². The van der Waals surface area contributed by atoms with Gasteiger partial charge in [-0.1, -0.05) is 19.4 Å². The van der Waals surface area contributed by atoms with E-state index in [2.05, 4.69) is 0 Å². The van der Waals surface area contributed by atoms with Gasteiger partial charge in [-0.2, -0.15) is 0 Å². The number of ketones is 1. The van der Waals surface area contributed by atoms with E-state index in [1.807, 2.05) is 20.8 Å². The molecule has 0 fully saturated rings. The number of hydrogen-bond acceptors (Lipinski definition) is 3. The minimum Gasteiger partial charge on any atom is -0.466 e.